The Labute approximate surface area is 154 Å². The summed E-state index contributed by atoms with van der Waals surface area (Å²) in [5.74, 6) is -0.158. The summed E-state index contributed by atoms with van der Waals surface area (Å²) in [6.07, 6.45) is 2.44. The SMILES string of the molecule is Cc1ccc(NC(=O)CSCC(=O)N(C)Cc2nccn2C(F)F)cc1. The molecule has 6 nitrogen and oxygen atoms in total. The first-order valence-electron chi connectivity index (χ1n) is 7.85. The molecule has 0 saturated carbocycles. The molecule has 1 heterocycles. The van der Waals surface area contributed by atoms with Crippen LogP contribution in [-0.4, -0.2) is 44.8 Å². The first kappa shape index (κ1) is 19.9. The van der Waals surface area contributed by atoms with Crippen molar-refractivity contribution in [2.24, 2.45) is 0 Å². The highest BCUT2D eigenvalue weighted by Gasteiger charge is 2.16. The molecule has 0 radical (unpaired) electrons. The molecule has 0 unspecified atom stereocenters. The van der Waals surface area contributed by atoms with Gasteiger partial charge in [-0.3, -0.25) is 14.2 Å². The van der Waals surface area contributed by atoms with E-state index in [0.29, 0.717) is 10.3 Å². The van der Waals surface area contributed by atoms with Gasteiger partial charge in [0.2, 0.25) is 11.8 Å². The highest BCUT2D eigenvalue weighted by atomic mass is 32.2. The number of thioether (sulfide) groups is 1. The number of aryl methyl sites for hydroxylation is 1. The first-order valence-corrected chi connectivity index (χ1v) is 9.00. The van der Waals surface area contributed by atoms with Crippen LogP contribution in [0.2, 0.25) is 0 Å². The van der Waals surface area contributed by atoms with Crippen LogP contribution in [0.3, 0.4) is 0 Å². The maximum atomic E-state index is 12.8. The van der Waals surface area contributed by atoms with Crippen molar-refractivity contribution in [1.29, 1.82) is 0 Å². The molecule has 9 heteroatoms. The maximum Gasteiger partial charge on any atom is 0.319 e. The fraction of sp³-hybridized carbons (Fsp3) is 0.353. The van der Waals surface area contributed by atoms with Gasteiger partial charge in [0.25, 0.3) is 0 Å². The van der Waals surface area contributed by atoms with Crippen LogP contribution in [-0.2, 0) is 16.1 Å². The molecule has 2 aromatic rings. The zero-order valence-electron chi connectivity index (χ0n) is 14.5. The van der Waals surface area contributed by atoms with Gasteiger partial charge in [0.15, 0.2) is 0 Å². The van der Waals surface area contributed by atoms with Gasteiger partial charge in [-0.25, -0.2) is 4.98 Å². The third kappa shape index (κ3) is 5.83. The summed E-state index contributed by atoms with van der Waals surface area (Å²) in [5, 5.41) is 2.75. The molecule has 1 aromatic carbocycles. The Hall–Kier alpha value is -2.42. The number of anilines is 1. The van der Waals surface area contributed by atoms with E-state index in [9.17, 15) is 18.4 Å². The topological polar surface area (TPSA) is 67.2 Å². The summed E-state index contributed by atoms with van der Waals surface area (Å²) in [4.78, 5) is 29.1. The smallest absolute Gasteiger partial charge is 0.319 e. The minimum atomic E-state index is -2.70. The van der Waals surface area contributed by atoms with Gasteiger partial charge < -0.3 is 10.2 Å². The number of benzene rings is 1. The van der Waals surface area contributed by atoms with E-state index in [2.05, 4.69) is 10.3 Å². The van der Waals surface area contributed by atoms with Gasteiger partial charge in [-0.1, -0.05) is 17.7 Å². The van der Waals surface area contributed by atoms with E-state index in [0.717, 1.165) is 17.3 Å². The van der Waals surface area contributed by atoms with Crippen molar-refractivity contribution in [3.05, 3.63) is 48.0 Å². The number of nitrogens with one attached hydrogen (secondary N) is 1. The zero-order valence-corrected chi connectivity index (χ0v) is 15.3. The third-order valence-electron chi connectivity index (χ3n) is 3.56. The molecule has 0 spiro atoms. The molecule has 26 heavy (non-hydrogen) atoms. The Balaban J connectivity index is 1.74. The fourth-order valence-corrected chi connectivity index (χ4v) is 2.87. The van der Waals surface area contributed by atoms with Crippen LogP contribution in [0.25, 0.3) is 0 Å². The first-order chi connectivity index (χ1) is 12.4. The summed E-state index contributed by atoms with van der Waals surface area (Å²) in [5.41, 5.74) is 1.79. The Morgan fingerprint density at radius 2 is 1.96 bits per heavy atom. The van der Waals surface area contributed by atoms with E-state index < -0.39 is 6.55 Å². The second-order valence-corrected chi connectivity index (χ2v) is 6.67. The Morgan fingerprint density at radius 1 is 1.27 bits per heavy atom. The third-order valence-corrected chi connectivity index (χ3v) is 4.47. The van der Waals surface area contributed by atoms with Crippen molar-refractivity contribution in [1.82, 2.24) is 14.5 Å². The standard InChI is InChI=1S/C17H20F2N4O2S/c1-12-3-5-13(6-4-12)21-15(24)10-26-11-16(25)22(2)9-14-20-7-8-23(14)17(18)19/h3-8,17H,9-11H2,1-2H3,(H,21,24). The number of aromatic nitrogens is 2. The van der Waals surface area contributed by atoms with Gasteiger partial charge in [0, 0.05) is 25.1 Å². The minimum absolute atomic E-state index is 0.0215. The van der Waals surface area contributed by atoms with Crippen LogP contribution in [0.15, 0.2) is 36.7 Å². The molecule has 0 aliphatic heterocycles. The molecule has 1 aromatic heterocycles. The van der Waals surface area contributed by atoms with Crippen molar-refractivity contribution in [3.8, 4) is 0 Å². The lowest BCUT2D eigenvalue weighted by Crippen LogP contribution is -2.29. The molecule has 0 aliphatic rings. The van der Waals surface area contributed by atoms with Crippen molar-refractivity contribution in [2.75, 3.05) is 23.9 Å². The average Bonchev–Trinajstić information content (AvgIpc) is 3.05. The molecule has 0 fully saturated rings. The Bertz CT molecular complexity index is 749. The van der Waals surface area contributed by atoms with Gasteiger partial charge in [-0.15, -0.1) is 11.8 Å². The van der Waals surface area contributed by atoms with Crippen LogP contribution >= 0.6 is 11.8 Å². The van der Waals surface area contributed by atoms with Crippen molar-refractivity contribution in [2.45, 2.75) is 20.0 Å². The van der Waals surface area contributed by atoms with E-state index >= 15 is 0 Å². The lowest BCUT2D eigenvalue weighted by atomic mass is 10.2. The molecule has 140 valence electrons. The van der Waals surface area contributed by atoms with Gasteiger partial charge in [-0.05, 0) is 19.1 Å². The quantitative estimate of drug-likeness (QED) is 0.762. The average molecular weight is 382 g/mol. The van der Waals surface area contributed by atoms with Crippen LogP contribution < -0.4 is 5.32 Å². The van der Waals surface area contributed by atoms with Gasteiger partial charge in [0.05, 0.1) is 18.1 Å². The molecular weight excluding hydrogens is 362 g/mol. The predicted molar refractivity (Wildman–Crippen MR) is 97.1 cm³/mol. The van der Waals surface area contributed by atoms with E-state index in [1.54, 1.807) is 0 Å². The zero-order chi connectivity index (χ0) is 19.1. The predicted octanol–water partition coefficient (Wildman–Crippen LogP) is 2.92. The number of imidazole rings is 1. The molecule has 0 atom stereocenters. The summed E-state index contributed by atoms with van der Waals surface area (Å²) < 4.78 is 26.3. The number of alkyl halides is 2. The van der Waals surface area contributed by atoms with E-state index in [1.807, 2.05) is 31.2 Å². The van der Waals surface area contributed by atoms with Crippen LogP contribution in [0.1, 0.15) is 17.9 Å². The van der Waals surface area contributed by atoms with E-state index in [4.69, 9.17) is 0 Å². The number of hydrogen-bond acceptors (Lipinski definition) is 4. The van der Waals surface area contributed by atoms with Crippen molar-refractivity contribution < 1.29 is 18.4 Å². The largest absolute Gasteiger partial charge is 0.338 e. The number of nitrogens with zero attached hydrogens (tertiary/aromatic N) is 3. The fourth-order valence-electron chi connectivity index (χ4n) is 2.12. The summed E-state index contributed by atoms with van der Waals surface area (Å²) in [7, 11) is 1.51. The van der Waals surface area contributed by atoms with Gasteiger partial charge in [0.1, 0.15) is 5.82 Å². The number of halogens is 2. The van der Waals surface area contributed by atoms with E-state index in [-0.39, 0.29) is 35.7 Å². The lowest BCUT2D eigenvalue weighted by molar-refractivity contribution is -0.127. The molecule has 0 saturated heterocycles. The highest BCUT2D eigenvalue weighted by molar-refractivity contribution is 8.00. The second-order valence-electron chi connectivity index (χ2n) is 5.69. The number of hydrogen-bond donors (Lipinski definition) is 1. The summed E-state index contributed by atoms with van der Waals surface area (Å²) >= 11 is 1.16. The summed E-state index contributed by atoms with van der Waals surface area (Å²) in [6, 6.07) is 7.40. The molecule has 0 aliphatic carbocycles. The molecule has 2 rings (SSSR count). The van der Waals surface area contributed by atoms with Gasteiger partial charge >= 0.3 is 6.55 Å². The molecule has 0 bridgehead atoms. The van der Waals surface area contributed by atoms with Crippen LogP contribution in [0, 0.1) is 6.92 Å². The maximum absolute atomic E-state index is 12.8. The van der Waals surface area contributed by atoms with Crippen LogP contribution in [0.4, 0.5) is 14.5 Å². The second kappa shape index (κ2) is 9.33. The highest BCUT2D eigenvalue weighted by Crippen LogP contribution is 2.14. The normalized spacial score (nSPS) is 10.8. The molecule has 2 amide bonds. The van der Waals surface area contributed by atoms with E-state index in [1.165, 1.54) is 24.3 Å². The monoisotopic (exact) mass is 382 g/mol. The summed E-state index contributed by atoms with van der Waals surface area (Å²) in [6.45, 7) is -0.764. The molecular formula is C17H20F2N4O2S. The Morgan fingerprint density at radius 3 is 2.62 bits per heavy atom. The number of amides is 2. The lowest BCUT2D eigenvalue weighted by Gasteiger charge is -2.17. The Kier molecular flexibility index (Phi) is 7.14. The van der Waals surface area contributed by atoms with Crippen molar-refractivity contribution in [3.63, 3.8) is 0 Å². The number of rotatable bonds is 8. The van der Waals surface area contributed by atoms with Crippen molar-refractivity contribution >= 4 is 29.3 Å². The minimum Gasteiger partial charge on any atom is -0.338 e. The molecule has 1 N–H and O–H groups in total. The van der Waals surface area contributed by atoms with Crippen LogP contribution in [0.5, 0.6) is 0 Å². The number of carbonyl (C=O) groups is 2. The van der Waals surface area contributed by atoms with Gasteiger partial charge in [-0.2, -0.15) is 8.78 Å². The number of carbonyl (C=O) groups excluding carboxylic acids is 2.